The molecule has 66 valence electrons. The van der Waals surface area contributed by atoms with E-state index >= 15 is 0 Å². The Kier molecular flexibility index (Phi) is 1.97. The summed E-state index contributed by atoms with van der Waals surface area (Å²) in [6.45, 7) is 0. The maximum Gasteiger partial charge on any atom is 0.339 e. The summed E-state index contributed by atoms with van der Waals surface area (Å²) in [4.78, 5) is 22.9. The van der Waals surface area contributed by atoms with Crippen molar-refractivity contribution in [1.82, 2.24) is 0 Å². The molecule has 13 heavy (non-hydrogen) atoms. The summed E-state index contributed by atoms with van der Waals surface area (Å²) in [5.41, 5.74) is 0.592. The third-order valence-corrected chi connectivity index (χ3v) is 2.58. The Morgan fingerprint density at radius 1 is 1.54 bits per heavy atom. The van der Waals surface area contributed by atoms with E-state index in [1.165, 1.54) is 24.3 Å². The number of hydrogen-bond donors (Lipinski definition) is 1. The minimum atomic E-state index is -0.941. The van der Waals surface area contributed by atoms with Crippen LogP contribution in [0.15, 0.2) is 26.1 Å². The van der Waals surface area contributed by atoms with E-state index < -0.39 is 11.3 Å². The number of hydrogen-bond acceptors (Lipinski definition) is 5. The van der Waals surface area contributed by atoms with Crippen LogP contribution in [0, 0.1) is 0 Å². The van der Waals surface area contributed by atoms with E-state index in [-0.39, 0.29) is 0 Å². The number of allylic oxidation sites excluding steroid dienone is 1. The first kappa shape index (κ1) is 8.18. The average molecular weight is 195 g/mol. The standard InChI is InChI=1S/C7H5N3O2S/c11-7(12)6-10-4-1-8-3-9-2-5(4)13-6/h1-3,6H,(H,11,12). The van der Waals surface area contributed by atoms with Gasteiger partial charge in [-0.05, 0) is 0 Å². The van der Waals surface area contributed by atoms with E-state index in [1.807, 2.05) is 0 Å². The highest BCUT2D eigenvalue weighted by molar-refractivity contribution is 8.05. The minimum absolute atomic E-state index is 0.592. The maximum atomic E-state index is 10.6. The topological polar surface area (TPSA) is 74.4 Å². The molecule has 1 unspecified atom stereocenters. The Balaban J connectivity index is 2.31. The average Bonchev–Trinajstić information content (AvgIpc) is 2.38. The van der Waals surface area contributed by atoms with Crippen LogP contribution in [-0.4, -0.2) is 34.7 Å². The molecule has 0 bridgehead atoms. The quantitative estimate of drug-likeness (QED) is 0.663. The van der Waals surface area contributed by atoms with E-state index in [9.17, 15) is 4.79 Å². The number of nitrogens with zero attached hydrogens (tertiary/aromatic N) is 3. The smallest absolute Gasteiger partial charge is 0.339 e. The maximum absolute atomic E-state index is 10.6. The van der Waals surface area contributed by atoms with Gasteiger partial charge in [0.1, 0.15) is 6.34 Å². The van der Waals surface area contributed by atoms with Crippen molar-refractivity contribution in [2.24, 2.45) is 15.0 Å². The van der Waals surface area contributed by atoms with E-state index in [2.05, 4.69) is 15.0 Å². The fraction of sp³-hybridized carbons (Fsp3) is 0.143. The zero-order valence-electron chi connectivity index (χ0n) is 6.41. The van der Waals surface area contributed by atoms with Crippen molar-refractivity contribution in [2.75, 3.05) is 0 Å². The Hall–Kier alpha value is -1.43. The van der Waals surface area contributed by atoms with E-state index in [0.29, 0.717) is 5.71 Å². The minimum Gasteiger partial charge on any atom is -0.479 e. The van der Waals surface area contributed by atoms with Gasteiger partial charge >= 0.3 is 5.97 Å². The van der Waals surface area contributed by atoms with Crippen molar-refractivity contribution in [3.05, 3.63) is 11.1 Å². The molecule has 6 heteroatoms. The highest BCUT2D eigenvalue weighted by Gasteiger charge is 2.28. The summed E-state index contributed by atoms with van der Waals surface area (Å²) >= 11 is 1.17. The van der Waals surface area contributed by atoms with Crippen LogP contribution >= 0.6 is 11.8 Å². The second-order valence-electron chi connectivity index (χ2n) is 2.36. The SMILES string of the molecule is O=C(O)C1N=C2C=NC=NC=C2S1. The molecule has 0 radical (unpaired) electrons. The van der Waals surface area contributed by atoms with Crippen molar-refractivity contribution in [2.45, 2.75) is 5.37 Å². The molecule has 0 aromatic heterocycles. The van der Waals surface area contributed by atoms with Gasteiger partial charge in [0.15, 0.2) is 5.37 Å². The predicted octanol–water partition coefficient (Wildman–Crippen LogP) is 0.539. The molecule has 0 spiro atoms. The van der Waals surface area contributed by atoms with Crippen LogP contribution in [0.1, 0.15) is 0 Å². The molecule has 2 rings (SSSR count). The van der Waals surface area contributed by atoms with Gasteiger partial charge in [-0.1, -0.05) is 11.8 Å². The number of aliphatic imine (C=N–C) groups is 3. The molecular formula is C7H5N3O2S. The molecule has 0 saturated carbocycles. The van der Waals surface area contributed by atoms with Crippen LogP contribution in [0.4, 0.5) is 0 Å². The summed E-state index contributed by atoms with van der Waals surface area (Å²) in [5, 5.41) is 7.94. The van der Waals surface area contributed by atoms with Crippen molar-refractivity contribution < 1.29 is 9.90 Å². The van der Waals surface area contributed by atoms with Crippen LogP contribution in [0.2, 0.25) is 0 Å². The molecule has 0 amide bonds. The summed E-state index contributed by atoms with van der Waals surface area (Å²) < 4.78 is 0. The van der Waals surface area contributed by atoms with Gasteiger partial charge in [-0.3, -0.25) is 4.99 Å². The van der Waals surface area contributed by atoms with Crippen LogP contribution in [-0.2, 0) is 4.79 Å². The van der Waals surface area contributed by atoms with Gasteiger partial charge < -0.3 is 5.11 Å². The number of aliphatic carboxylic acids is 1. The summed E-state index contributed by atoms with van der Waals surface area (Å²) in [6, 6.07) is 0. The molecular weight excluding hydrogens is 190 g/mol. The van der Waals surface area contributed by atoms with Crippen molar-refractivity contribution in [3.63, 3.8) is 0 Å². The lowest BCUT2D eigenvalue weighted by Gasteiger charge is -1.95. The van der Waals surface area contributed by atoms with Crippen LogP contribution < -0.4 is 0 Å². The van der Waals surface area contributed by atoms with Gasteiger partial charge in [-0.15, -0.1) is 0 Å². The summed E-state index contributed by atoms with van der Waals surface area (Å²) in [6.07, 6.45) is 4.47. The fourth-order valence-corrected chi connectivity index (χ4v) is 1.80. The number of fused-ring (bicyclic) bond motifs is 1. The molecule has 5 nitrogen and oxygen atoms in total. The Labute approximate surface area is 78.0 Å². The van der Waals surface area contributed by atoms with Gasteiger partial charge in [0, 0.05) is 6.20 Å². The Bertz CT molecular complexity index is 370. The number of carboxylic acids is 1. The van der Waals surface area contributed by atoms with Crippen molar-refractivity contribution in [1.29, 1.82) is 0 Å². The molecule has 0 saturated heterocycles. The van der Waals surface area contributed by atoms with Crippen molar-refractivity contribution in [3.8, 4) is 0 Å². The Morgan fingerprint density at radius 2 is 2.38 bits per heavy atom. The second-order valence-corrected chi connectivity index (χ2v) is 3.48. The largest absolute Gasteiger partial charge is 0.479 e. The number of thioether (sulfide) groups is 1. The second kappa shape index (κ2) is 3.14. The number of carboxylic acid groups (broad SMARTS) is 1. The number of rotatable bonds is 1. The van der Waals surface area contributed by atoms with Crippen LogP contribution in [0.25, 0.3) is 0 Å². The lowest BCUT2D eigenvalue weighted by molar-refractivity contribution is -0.136. The third-order valence-electron chi connectivity index (χ3n) is 1.48. The van der Waals surface area contributed by atoms with Crippen LogP contribution in [0.5, 0.6) is 0 Å². The fourth-order valence-electron chi connectivity index (χ4n) is 0.940. The molecule has 2 aliphatic heterocycles. The lowest BCUT2D eigenvalue weighted by atomic mass is 10.4. The molecule has 2 aliphatic rings. The molecule has 0 fully saturated rings. The van der Waals surface area contributed by atoms with Gasteiger partial charge in [-0.2, -0.15) is 0 Å². The zero-order valence-corrected chi connectivity index (χ0v) is 7.23. The third kappa shape index (κ3) is 1.52. The zero-order chi connectivity index (χ0) is 9.26. The summed E-state index contributed by atoms with van der Waals surface area (Å²) in [5.74, 6) is -0.941. The number of carbonyl (C=O) groups is 1. The molecule has 0 aromatic carbocycles. The molecule has 0 aromatic rings. The highest BCUT2D eigenvalue weighted by Crippen LogP contribution is 2.31. The van der Waals surface area contributed by atoms with Gasteiger partial charge in [0.2, 0.25) is 0 Å². The van der Waals surface area contributed by atoms with Crippen LogP contribution in [0.3, 0.4) is 0 Å². The van der Waals surface area contributed by atoms with Gasteiger partial charge in [0.25, 0.3) is 0 Å². The predicted molar refractivity (Wildman–Crippen MR) is 51.5 cm³/mol. The first-order valence-electron chi connectivity index (χ1n) is 3.50. The molecule has 1 atom stereocenters. The normalized spacial score (nSPS) is 24.8. The van der Waals surface area contributed by atoms with Gasteiger partial charge in [0.05, 0.1) is 16.8 Å². The molecule has 2 heterocycles. The summed E-state index contributed by atoms with van der Waals surface area (Å²) in [7, 11) is 0. The molecule has 0 aliphatic carbocycles. The monoisotopic (exact) mass is 195 g/mol. The van der Waals surface area contributed by atoms with E-state index in [4.69, 9.17) is 5.11 Å². The van der Waals surface area contributed by atoms with E-state index in [1.54, 1.807) is 6.20 Å². The first-order valence-corrected chi connectivity index (χ1v) is 4.38. The van der Waals surface area contributed by atoms with E-state index in [0.717, 1.165) is 4.91 Å². The Morgan fingerprint density at radius 3 is 3.15 bits per heavy atom. The van der Waals surface area contributed by atoms with Gasteiger partial charge in [-0.25, -0.2) is 14.8 Å². The first-order chi connectivity index (χ1) is 6.27. The van der Waals surface area contributed by atoms with Crippen molar-refractivity contribution >= 4 is 36.0 Å². The lowest BCUT2D eigenvalue weighted by Crippen LogP contribution is -2.10. The molecule has 1 N–H and O–H groups in total. The highest BCUT2D eigenvalue weighted by atomic mass is 32.2.